The van der Waals surface area contributed by atoms with Crippen LogP contribution in [-0.4, -0.2) is 34.4 Å². The quantitative estimate of drug-likeness (QED) is 0.181. The Morgan fingerprint density at radius 1 is 0.930 bits per heavy atom. The summed E-state index contributed by atoms with van der Waals surface area (Å²) in [4.78, 5) is 44.2. The molecule has 0 bridgehead atoms. The number of carbonyl (C=O) groups is 3. The second kappa shape index (κ2) is 11.7. The maximum atomic E-state index is 13.4. The van der Waals surface area contributed by atoms with Crippen molar-refractivity contribution in [1.29, 1.82) is 0 Å². The first kappa shape index (κ1) is 28.2. The summed E-state index contributed by atoms with van der Waals surface area (Å²) < 4.78 is 6.32. The van der Waals surface area contributed by atoms with Crippen LogP contribution in [-0.2, 0) is 0 Å². The highest BCUT2D eigenvalue weighted by atomic mass is 16.4. The molecule has 2 N–H and O–H groups in total. The number of carboxylic acids is 1. The van der Waals surface area contributed by atoms with Crippen LogP contribution in [0.15, 0.2) is 71.1 Å². The molecule has 0 saturated heterocycles. The Bertz CT molecular complexity index is 1840. The molecule has 8 heteroatoms. The number of hydrogen-bond acceptors (Lipinski definition) is 6. The van der Waals surface area contributed by atoms with E-state index in [0.29, 0.717) is 22.6 Å². The lowest BCUT2D eigenvalue weighted by Gasteiger charge is -2.19. The van der Waals surface area contributed by atoms with E-state index in [1.165, 1.54) is 23.8 Å². The molecule has 0 radical (unpaired) electrons. The van der Waals surface area contributed by atoms with E-state index in [4.69, 9.17) is 9.40 Å². The minimum Gasteiger partial charge on any atom is -0.478 e. The lowest BCUT2D eigenvalue weighted by Crippen LogP contribution is -2.30. The normalized spacial score (nSPS) is 17.2. The van der Waals surface area contributed by atoms with E-state index < -0.39 is 17.8 Å². The van der Waals surface area contributed by atoms with Gasteiger partial charge in [0.25, 0.3) is 11.8 Å². The molecule has 0 fully saturated rings. The molecule has 218 valence electrons. The van der Waals surface area contributed by atoms with Crippen LogP contribution in [0.25, 0.3) is 23.6 Å². The summed E-state index contributed by atoms with van der Waals surface area (Å²) in [7, 11) is 0. The van der Waals surface area contributed by atoms with Gasteiger partial charge in [0.05, 0.1) is 27.9 Å². The number of benzene rings is 3. The summed E-state index contributed by atoms with van der Waals surface area (Å²) in [6, 6.07) is 19.6. The van der Waals surface area contributed by atoms with Crippen LogP contribution in [0, 0.1) is 5.92 Å². The fourth-order valence-corrected chi connectivity index (χ4v) is 5.82. The summed E-state index contributed by atoms with van der Waals surface area (Å²) >= 11 is 0. The second-order valence-electron chi connectivity index (χ2n) is 11.1. The number of carbonyl (C=O) groups excluding carboxylic acids is 2. The summed E-state index contributed by atoms with van der Waals surface area (Å²) in [6.45, 7) is 5.08. The number of nitrogens with one attached hydrogen (secondary N) is 1. The zero-order valence-corrected chi connectivity index (χ0v) is 24.2. The maximum Gasteiger partial charge on any atom is 0.335 e. The largest absolute Gasteiger partial charge is 0.478 e. The predicted molar refractivity (Wildman–Crippen MR) is 166 cm³/mol. The van der Waals surface area contributed by atoms with Gasteiger partial charge in [0, 0.05) is 18.2 Å². The van der Waals surface area contributed by atoms with E-state index in [9.17, 15) is 19.5 Å². The fourth-order valence-electron chi connectivity index (χ4n) is 5.82. The van der Waals surface area contributed by atoms with Gasteiger partial charge in [-0.3, -0.25) is 9.59 Å². The van der Waals surface area contributed by atoms with Gasteiger partial charge in [-0.15, -0.1) is 0 Å². The molecule has 1 aliphatic heterocycles. The van der Waals surface area contributed by atoms with Crippen molar-refractivity contribution in [3.63, 3.8) is 0 Å². The first-order valence-electron chi connectivity index (χ1n) is 14.8. The van der Waals surface area contributed by atoms with Crippen LogP contribution in [0.5, 0.6) is 0 Å². The van der Waals surface area contributed by atoms with Gasteiger partial charge in [0.15, 0.2) is 5.42 Å². The molecular weight excluding hydrogens is 542 g/mol. The van der Waals surface area contributed by atoms with Gasteiger partial charge in [0.2, 0.25) is 5.89 Å². The fraction of sp³-hybridized carbons (Fsp3) is 0.257. The van der Waals surface area contributed by atoms with Crippen molar-refractivity contribution in [3.8, 4) is 11.5 Å². The Morgan fingerprint density at radius 2 is 1.72 bits per heavy atom. The van der Waals surface area contributed by atoms with Gasteiger partial charge >= 0.3 is 5.97 Å². The molecule has 2 atom stereocenters. The second-order valence-corrected chi connectivity index (χ2v) is 11.1. The van der Waals surface area contributed by atoms with Gasteiger partial charge in [0.1, 0.15) is 5.35 Å². The monoisotopic (exact) mass is 575 g/mol. The number of hydrogen-bond donors (Lipinski definition) is 2. The summed E-state index contributed by atoms with van der Waals surface area (Å²) in [5.41, 5.74) is 3.87. The number of rotatable bonds is 10. The van der Waals surface area contributed by atoms with Crippen molar-refractivity contribution in [1.82, 2.24) is 4.98 Å². The van der Waals surface area contributed by atoms with E-state index in [2.05, 4.69) is 43.4 Å². The van der Waals surface area contributed by atoms with Gasteiger partial charge in [-0.05, 0) is 66.5 Å². The molecule has 8 nitrogen and oxygen atoms in total. The third kappa shape index (κ3) is 5.36. The van der Waals surface area contributed by atoms with Crippen molar-refractivity contribution < 1.29 is 23.9 Å². The zero-order valence-electron chi connectivity index (χ0n) is 24.2. The Hall–Kier alpha value is -4.98. The van der Waals surface area contributed by atoms with Crippen LogP contribution in [0.1, 0.15) is 82.1 Å². The Kier molecular flexibility index (Phi) is 7.67. The van der Waals surface area contributed by atoms with Crippen molar-refractivity contribution in [2.45, 2.75) is 45.4 Å². The molecule has 6 rings (SSSR count). The third-order valence-electron chi connectivity index (χ3n) is 8.15. The van der Waals surface area contributed by atoms with E-state index in [1.807, 2.05) is 24.3 Å². The number of carboxylic acid groups (broad SMARTS) is 1. The zero-order chi connectivity index (χ0) is 30.1. The smallest absolute Gasteiger partial charge is 0.335 e. The average Bonchev–Trinajstić information content (AvgIpc) is 3.54. The SMILES string of the molecule is CCCCCCNc1ccc(N2C(=O)c3ccc(C(=O)O)cc3C2=O)cc1-c1nc2c(o1)=CC(C)C(c1ccccc1)C=2. The molecule has 1 aliphatic carbocycles. The highest BCUT2D eigenvalue weighted by molar-refractivity contribution is 6.34. The Morgan fingerprint density at radius 3 is 2.49 bits per heavy atom. The van der Waals surface area contributed by atoms with Crippen LogP contribution in [0.4, 0.5) is 11.4 Å². The molecule has 2 unspecified atom stereocenters. The lowest BCUT2D eigenvalue weighted by molar-refractivity contribution is 0.0696. The van der Waals surface area contributed by atoms with Gasteiger partial charge in [-0.1, -0.05) is 63.4 Å². The Labute approximate surface area is 249 Å². The number of anilines is 2. The predicted octanol–water partition coefficient (Wildman–Crippen LogP) is 5.83. The minimum absolute atomic E-state index is 0.0500. The van der Waals surface area contributed by atoms with Crippen LogP contribution < -0.4 is 21.0 Å². The lowest BCUT2D eigenvalue weighted by atomic mass is 9.85. The maximum absolute atomic E-state index is 13.4. The average molecular weight is 576 g/mol. The van der Waals surface area contributed by atoms with Gasteiger partial charge < -0.3 is 14.8 Å². The van der Waals surface area contributed by atoms with E-state index in [-0.39, 0.29) is 28.5 Å². The third-order valence-corrected chi connectivity index (χ3v) is 8.15. The highest BCUT2D eigenvalue weighted by Crippen LogP contribution is 2.35. The number of aromatic carboxylic acids is 1. The summed E-state index contributed by atoms with van der Waals surface area (Å²) in [6.07, 6.45) is 8.64. The van der Waals surface area contributed by atoms with E-state index >= 15 is 0 Å². The molecule has 0 spiro atoms. The number of imide groups is 1. The van der Waals surface area contributed by atoms with Crippen molar-refractivity contribution in [2.75, 3.05) is 16.8 Å². The number of oxazole rings is 1. The number of fused-ring (bicyclic) bond motifs is 2. The highest BCUT2D eigenvalue weighted by Gasteiger charge is 2.37. The molecule has 3 aromatic carbocycles. The first-order chi connectivity index (χ1) is 20.9. The molecule has 2 amide bonds. The molecular formula is C35H33N3O5. The molecule has 2 heterocycles. The summed E-state index contributed by atoms with van der Waals surface area (Å²) in [5.74, 6) is -1.49. The topological polar surface area (TPSA) is 113 Å². The first-order valence-corrected chi connectivity index (χ1v) is 14.8. The number of aromatic nitrogens is 1. The number of unbranched alkanes of at least 4 members (excludes halogenated alkanes) is 3. The van der Waals surface area contributed by atoms with Gasteiger partial charge in [-0.25, -0.2) is 14.7 Å². The van der Waals surface area contributed by atoms with Gasteiger partial charge in [-0.2, -0.15) is 0 Å². The molecule has 4 aromatic rings. The molecule has 1 aromatic heterocycles. The standard InChI is InChI=1S/C35H33N3O5/c1-3-4-5-9-16-36-29-15-13-24(38-33(39)25-14-12-23(35(41)42)18-27(25)34(38)40)19-28(29)32-37-30-20-26(21(2)17-31(30)43-32)22-10-7-6-8-11-22/h6-8,10-15,17-21,26,36H,3-5,9,16H2,1-2H3,(H,41,42). The Balaban J connectivity index is 1.39. The molecule has 0 saturated carbocycles. The number of amides is 2. The summed E-state index contributed by atoms with van der Waals surface area (Å²) in [5, 5.41) is 13.6. The van der Waals surface area contributed by atoms with Crippen molar-refractivity contribution >= 4 is 41.3 Å². The van der Waals surface area contributed by atoms with Crippen LogP contribution >= 0.6 is 0 Å². The molecule has 2 aliphatic rings. The van der Waals surface area contributed by atoms with Crippen molar-refractivity contribution in [3.05, 3.63) is 99.7 Å². The van der Waals surface area contributed by atoms with E-state index in [0.717, 1.165) is 48.2 Å². The van der Waals surface area contributed by atoms with Crippen LogP contribution in [0.3, 0.4) is 0 Å². The minimum atomic E-state index is -1.16. The molecule has 43 heavy (non-hydrogen) atoms. The van der Waals surface area contributed by atoms with Crippen molar-refractivity contribution in [2.24, 2.45) is 5.92 Å². The van der Waals surface area contributed by atoms with Crippen LogP contribution in [0.2, 0.25) is 0 Å². The van der Waals surface area contributed by atoms with E-state index in [1.54, 1.807) is 12.1 Å². The number of nitrogens with zero attached hydrogens (tertiary/aromatic N) is 2.